The number of aromatic nitrogens is 1. The van der Waals surface area contributed by atoms with Crippen LogP contribution in [-0.2, 0) is 0 Å². The van der Waals surface area contributed by atoms with Crippen molar-refractivity contribution in [2.75, 3.05) is 0 Å². The molecule has 0 aliphatic heterocycles. The lowest BCUT2D eigenvalue weighted by molar-refractivity contribution is 0.0963. The van der Waals surface area contributed by atoms with Crippen LogP contribution in [0.5, 0.6) is 0 Å². The molecule has 1 aromatic heterocycles. The van der Waals surface area contributed by atoms with Crippen molar-refractivity contribution in [1.82, 2.24) is 4.57 Å². The van der Waals surface area contributed by atoms with Gasteiger partial charge in [-0.25, -0.2) is 0 Å². The van der Waals surface area contributed by atoms with Crippen LogP contribution in [0.25, 0.3) is 22.0 Å². The molecule has 4 rings (SSSR count). The average Bonchev–Trinajstić information content (AvgIpc) is 3.00. The normalized spacial score (nSPS) is 10.9. The highest BCUT2D eigenvalue weighted by molar-refractivity contribution is 6.12. The van der Waals surface area contributed by atoms with Crippen LogP contribution in [0.1, 0.15) is 26.4 Å². The molecular weight excluding hydrogens is 336 g/mol. The Morgan fingerprint density at radius 2 is 1.37 bits per heavy atom. The van der Waals surface area contributed by atoms with Crippen LogP contribution in [-0.4, -0.2) is 16.4 Å². The third-order valence-electron chi connectivity index (χ3n) is 4.80. The zero-order chi connectivity index (χ0) is 19.0. The molecule has 4 heteroatoms. The second-order valence-electron chi connectivity index (χ2n) is 6.43. The Labute approximate surface area is 156 Å². The molecule has 0 spiro atoms. The molecule has 132 valence electrons. The van der Waals surface area contributed by atoms with E-state index in [0.717, 1.165) is 11.1 Å². The summed E-state index contributed by atoms with van der Waals surface area (Å²) in [4.78, 5) is 25.1. The van der Waals surface area contributed by atoms with Crippen LogP contribution >= 0.6 is 0 Å². The van der Waals surface area contributed by atoms with Gasteiger partial charge in [0.15, 0.2) is 0 Å². The van der Waals surface area contributed by atoms with Crippen molar-refractivity contribution in [3.63, 3.8) is 0 Å². The lowest BCUT2D eigenvalue weighted by Crippen LogP contribution is -2.16. The lowest BCUT2D eigenvalue weighted by atomic mass is 10.0. The van der Waals surface area contributed by atoms with Gasteiger partial charge in [-0.3, -0.25) is 14.2 Å². The van der Waals surface area contributed by atoms with Gasteiger partial charge in [-0.2, -0.15) is 0 Å². The topological polar surface area (TPSA) is 65.1 Å². The molecule has 0 aliphatic carbocycles. The fourth-order valence-electron chi connectivity index (χ4n) is 3.51. The summed E-state index contributed by atoms with van der Waals surface area (Å²) >= 11 is 0. The van der Waals surface area contributed by atoms with Crippen molar-refractivity contribution in [2.45, 2.75) is 6.92 Å². The summed E-state index contributed by atoms with van der Waals surface area (Å²) in [5.41, 5.74) is 9.86. The second kappa shape index (κ2) is 6.57. The van der Waals surface area contributed by atoms with Gasteiger partial charge in [-0.15, -0.1) is 0 Å². The molecule has 1 amide bonds. The van der Waals surface area contributed by atoms with Crippen LogP contribution in [0.15, 0.2) is 78.9 Å². The fraction of sp³-hybridized carbons (Fsp3) is 0.0435. The SMILES string of the molecule is Cc1c(C(N)=O)c2ccccc2n1C(=O)c1ccc(-c2ccccc2)cc1. The van der Waals surface area contributed by atoms with Gasteiger partial charge in [0.2, 0.25) is 0 Å². The quantitative estimate of drug-likeness (QED) is 0.592. The van der Waals surface area contributed by atoms with E-state index in [9.17, 15) is 9.59 Å². The first-order chi connectivity index (χ1) is 13.1. The van der Waals surface area contributed by atoms with E-state index in [-0.39, 0.29) is 5.91 Å². The summed E-state index contributed by atoms with van der Waals surface area (Å²) in [5.74, 6) is -0.717. The van der Waals surface area contributed by atoms with E-state index in [0.29, 0.717) is 27.7 Å². The smallest absolute Gasteiger partial charge is 0.262 e. The molecule has 4 nitrogen and oxygen atoms in total. The van der Waals surface area contributed by atoms with E-state index >= 15 is 0 Å². The van der Waals surface area contributed by atoms with Crippen molar-refractivity contribution in [3.8, 4) is 11.1 Å². The number of nitrogens with two attached hydrogens (primary N) is 1. The predicted molar refractivity (Wildman–Crippen MR) is 107 cm³/mol. The van der Waals surface area contributed by atoms with Crippen LogP contribution in [0.3, 0.4) is 0 Å². The Hall–Kier alpha value is -3.66. The molecule has 27 heavy (non-hydrogen) atoms. The number of nitrogens with zero attached hydrogens (tertiary/aromatic N) is 1. The number of benzene rings is 3. The van der Waals surface area contributed by atoms with E-state index in [2.05, 4.69) is 0 Å². The second-order valence-corrected chi connectivity index (χ2v) is 6.43. The highest BCUT2D eigenvalue weighted by atomic mass is 16.2. The first kappa shape index (κ1) is 16.8. The molecule has 1 heterocycles. The Morgan fingerprint density at radius 3 is 2.04 bits per heavy atom. The van der Waals surface area contributed by atoms with Gasteiger partial charge in [-0.1, -0.05) is 60.7 Å². The zero-order valence-corrected chi connectivity index (χ0v) is 14.8. The van der Waals surface area contributed by atoms with Crippen LogP contribution in [0, 0.1) is 6.92 Å². The van der Waals surface area contributed by atoms with Gasteiger partial charge < -0.3 is 5.73 Å². The van der Waals surface area contributed by atoms with Gasteiger partial charge in [-0.05, 0) is 36.2 Å². The Bertz CT molecular complexity index is 1160. The van der Waals surface area contributed by atoms with Crippen molar-refractivity contribution in [1.29, 1.82) is 0 Å². The lowest BCUT2D eigenvalue weighted by Gasteiger charge is -2.08. The van der Waals surface area contributed by atoms with Crippen molar-refractivity contribution in [3.05, 3.63) is 95.7 Å². The van der Waals surface area contributed by atoms with Gasteiger partial charge in [0.1, 0.15) is 0 Å². The largest absolute Gasteiger partial charge is 0.366 e. The number of primary amides is 1. The number of hydrogen-bond acceptors (Lipinski definition) is 2. The Kier molecular flexibility index (Phi) is 4.09. The Morgan fingerprint density at radius 1 is 0.778 bits per heavy atom. The predicted octanol–water partition coefficient (Wildman–Crippen LogP) is 4.40. The molecule has 0 fully saturated rings. The molecule has 2 N–H and O–H groups in total. The molecule has 0 bridgehead atoms. The third kappa shape index (κ3) is 2.81. The van der Waals surface area contributed by atoms with E-state index in [1.165, 1.54) is 0 Å². The maximum absolute atomic E-state index is 13.2. The fourth-order valence-corrected chi connectivity index (χ4v) is 3.51. The van der Waals surface area contributed by atoms with E-state index in [4.69, 9.17) is 5.73 Å². The number of carbonyl (C=O) groups is 2. The van der Waals surface area contributed by atoms with Crippen molar-refractivity contribution in [2.24, 2.45) is 5.73 Å². The summed E-state index contributed by atoms with van der Waals surface area (Å²) in [6.45, 7) is 1.75. The molecule has 0 saturated carbocycles. The number of rotatable bonds is 3. The molecule has 0 aliphatic rings. The minimum atomic E-state index is -0.533. The van der Waals surface area contributed by atoms with Crippen LogP contribution in [0.2, 0.25) is 0 Å². The maximum atomic E-state index is 13.2. The molecule has 0 atom stereocenters. The van der Waals surface area contributed by atoms with Crippen LogP contribution in [0.4, 0.5) is 0 Å². The summed E-state index contributed by atoms with van der Waals surface area (Å²) in [5, 5.41) is 0.691. The molecule has 0 saturated heterocycles. The number of para-hydroxylation sites is 1. The van der Waals surface area contributed by atoms with E-state index in [1.807, 2.05) is 78.9 Å². The Balaban J connectivity index is 1.80. The van der Waals surface area contributed by atoms with E-state index in [1.54, 1.807) is 11.5 Å². The van der Waals surface area contributed by atoms with Crippen molar-refractivity contribution >= 4 is 22.7 Å². The van der Waals surface area contributed by atoms with Crippen LogP contribution < -0.4 is 5.73 Å². The van der Waals surface area contributed by atoms with Gasteiger partial charge >= 0.3 is 0 Å². The molecule has 3 aromatic carbocycles. The minimum Gasteiger partial charge on any atom is -0.366 e. The third-order valence-corrected chi connectivity index (χ3v) is 4.80. The first-order valence-corrected chi connectivity index (χ1v) is 8.68. The highest BCUT2D eigenvalue weighted by Crippen LogP contribution is 2.27. The molecular formula is C23H18N2O2. The summed E-state index contributed by atoms with van der Waals surface area (Å²) in [6.07, 6.45) is 0. The molecule has 0 radical (unpaired) electrons. The average molecular weight is 354 g/mol. The summed E-state index contributed by atoms with van der Waals surface area (Å²) < 4.78 is 1.56. The summed E-state index contributed by atoms with van der Waals surface area (Å²) in [6, 6.07) is 24.8. The highest BCUT2D eigenvalue weighted by Gasteiger charge is 2.22. The first-order valence-electron chi connectivity index (χ1n) is 8.68. The number of hydrogen-bond donors (Lipinski definition) is 1. The zero-order valence-electron chi connectivity index (χ0n) is 14.8. The van der Waals surface area contributed by atoms with E-state index < -0.39 is 5.91 Å². The van der Waals surface area contributed by atoms with Gasteiger partial charge in [0.05, 0.1) is 11.1 Å². The standard InChI is InChI=1S/C23H18N2O2/c1-15-21(22(24)26)19-9-5-6-10-20(19)25(15)23(27)18-13-11-17(12-14-18)16-7-3-2-4-8-16/h2-14H,1H3,(H2,24,26). The van der Waals surface area contributed by atoms with Gasteiger partial charge in [0.25, 0.3) is 11.8 Å². The van der Waals surface area contributed by atoms with Crippen molar-refractivity contribution < 1.29 is 9.59 Å². The monoisotopic (exact) mass is 354 g/mol. The molecule has 0 unspecified atom stereocenters. The number of amides is 1. The maximum Gasteiger partial charge on any atom is 0.262 e. The molecule has 4 aromatic rings. The number of fused-ring (bicyclic) bond motifs is 1. The van der Waals surface area contributed by atoms with Gasteiger partial charge in [0, 0.05) is 16.6 Å². The summed E-state index contributed by atoms with van der Waals surface area (Å²) in [7, 11) is 0. The minimum absolute atomic E-state index is 0.184. The number of carbonyl (C=O) groups excluding carboxylic acids is 2.